The molecule has 5 atom stereocenters. The van der Waals surface area contributed by atoms with Gasteiger partial charge in [0.1, 0.15) is 5.78 Å². The van der Waals surface area contributed by atoms with Crippen molar-refractivity contribution in [2.45, 2.75) is 78.4 Å². The molecular weight excluding hydrogens is 324 g/mol. The molecule has 1 spiro atoms. The van der Waals surface area contributed by atoms with Crippen molar-refractivity contribution in [3.63, 3.8) is 0 Å². The third-order valence-electron chi connectivity index (χ3n) is 9.50. The molecule has 0 N–H and O–H groups in total. The Morgan fingerprint density at radius 3 is 2.38 bits per heavy atom. The lowest BCUT2D eigenvalue weighted by Gasteiger charge is -2.60. The van der Waals surface area contributed by atoms with Crippen LogP contribution in [0.2, 0.25) is 0 Å². The van der Waals surface area contributed by atoms with Gasteiger partial charge in [0.05, 0.1) is 13.2 Å². The van der Waals surface area contributed by atoms with E-state index in [1.54, 1.807) is 0 Å². The molecule has 1 heterocycles. The Balaban J connectivity index is 1.53. The average molecular weight is 359 g/mol. The van der Waals surface area contributed by atoms with Gasteiger partial charge in [-0.15, -0.1) is 0 Å². The number of allylic oxidation sites excluding steroid dienone is 2. The van der Waals surface area contributed by atoms with E-state index in [1.165, 1.54) is 24.8 Å². The lowest BCUT2D eigenvalue weighted by atomic mass is 9.45. The quantitative estimate of drug-likeness (QED) is 0.578. The van der Waals surface area contributed by atoms with Crippen LogP contribution in [0.3, 0.4) is 0 Å². The van der Waals surface area contributed by atoms with Crippen LogP contribution in [0.5, 0.6) is 0 Å². The maximum Gasteiger partial charge on any atom is 0.174 e. The molecule has 26 heavy (non-hydrogen) atoms. The second-order valence-electron chi connectivity index (χ2n) is 10.6. The fraction of sp³-hybridized carbons (Fsp3) is 0.870. The molecular formula is C23H34O3. The van der Waals surface area contributed by atoms with E-state index >= 15 is 0 Å². The van der Waals surface area contributed by atoms with E-state index < -0.39 is 0 Å². The van der Waals surface area contributed by atoms with Gasteiger partial charge in [0.25, 0.3) is 0 Å². The Morgan fingerprint density at radius 2 is 1.65 bits per heavy atom. The SMILES string of the molecule is CC1(C)C(=O)CC[C@]2(C)C1=CC[C@@H]1[C@H]3CCC4(OCCO4)[C@@]3(C)CC[C@H]12. The zero-order valence-electron chi connectivity index (χ0n) is 16.9. The van der Waals surface area contributed by atoms with Gasteiger partial charge in [0.15, 0.2) is 5.79 Å². The lowest BCUT2D eigenvalue weighted by molar-refractivity contribution is -0.242. The molecule has 5 aliphatic rings. The zero-order valence-corrected chi connectivity index (χ0v) is 16.9. The number of hydrogen-bond donors (Lipinski definition) is 0. The first-order chi connectivity index (χ1) is 12.2. The van der Waals surface area contributed by atoms with Crippen LogP contribution in [0, 0.1) is 34.0 Å². The van der Waals surface area contributed by atoms with E-state index in [0.717, 1.165) is 44.8 Å². The van der Waals surface area contributed by atoms with Crippen molar-refractivity contribution in [3.05, 3.63) is 11.6 Å². The summed E-state index contributed by atoms with van der Waals surface area (Å²) in [5.41, 5.74) is 1.54. The molecule has 0 aromatic rings. The minimum absolute atomic E-state index is 0.159. The fourth-order valence-electron chi connectivity index (χ4n) is 8.10. The summed E-state index contributed by atoms with van der Waals surface area (Å²) in [5.74, 6) is 2.25. The molecule has 0 aromatic heterocycles. The third kappa shape index (κ3) is 1.90. The summed E-state index contributed by atoms with van der Waals surface area (Å²) in [5, 5.41) is 0. The van der Waals surface area contributed by atoms with Gasteiger partial charge in [-0.3, -0.25) is 4.79 Å². The van der Waals surface area contributed by atoms with E-state index in [1.807, 2.05) is 0 Å². The summed E-state index contributed by atoms with van der Waals surface area (Å²) in [4.78, 5) is 12.6. The molecule has 144 valence electrons. The highest BCUT2D eigenvalue weighted by Gasteiger charge is 2.67. The van der Waals surface area contributed by atoms with Crippen molar-refractivity contribution in [2.75, 3.05) is 13.2 Å². The summed E-state index contributed by atoms with van der Waals surface area (Å²) in [6.07, 6.45) is 10.2. The first-order valence-electron chi connectivity index (χ1n) is 10.8. The predicted molar refractivity (Wildman–Crippen MR) is 101 cm³/mol. The smallest absolute Gasteiger partial charge is 0.174 e. The largest absolute Gasteiger partial charge is 0.347 e. The molecule has 0 radical (unpaired) electrons. The van der Waals surface area contributed by atoms with Gasteiger partial charge in [-0.05, 0) is 69.1 Å². The van der Waals surface area contributed by atoms with E-state index in [4.69, 9.17) is 9.47 Å². The second kappa shape index (κ2) is 5.23. The van der Waals surface area contributed by atoms with Crippen LogP contribution >= 0.6 is 0 Å². The van der Waals surface area contributed by atoms with Gasteiger partial charge >= 0.3 is 0 Å². The summed E-state index contributed by atoms with van der Waals surface area (Å²) in [6.45, 7) is 10.8. The number of ketones is 1. The average Bonchev–Trinajstić information content (AvgIpc) is 3.18. The Kier molecular flexibility index (Phi) is 3.50. The van der Waals surface area contributed by atoms with Crippen molar-refractivity contribution in [3.8, 4) is 0 Å². The molecule has 3 heteroatoms. The molecule has 4 fully saturated rings. The second-order valence-corrected chi connectivity index (χ2v) is 10.6. The van der Waals surface area contributed by atoms with Gasteiger partial charge in [-0.1, -0.05) is 25.5 Å². The van der Waals surface area contributed by atoms with Crippen molar-refractivity contribution < 1.29 is 14.3 Å². The summed E-state index contributed by atoms with van der Waals surface area (Å²) >= 11 is 0. The molecule has 4 aliphatic carbocycles. The molecule has 0 unspecified atom stereocenters. The third-order valence-corrected chi connectivity index (χ3v) is 9.50. The normalized spacial score (nSPS) is 48.7. The number of carbonyl (C=O) groups excluding carboxylic acids is 1. The molecule has 1 aliphatic heterocycles. The van der Waals surface area contributed by atoms with Gasteiger partial charge < -0.3 is 9.47 Å². The number of rotatable bonds is 0. The monoisotopic (exact) mass is 358 g/mol. The van der Waals surface area contributed by atoms with Crippen LogP contribution in [-0.2, 0) is 14.3 Å². The molecule has 1 saturated heterocycles. The van der Waals surface area contributed by atoms with Crippen LogP contribution in [-0.4, -0.2) is 24.8 Å². The van der Waals surface area contributed by atoms with Gasteiger partial charge in [0.2, 0.25) is 0 Å². The molecule has 0 aromatic carbocycles. The highest BCUT2D eigenvalue weighted by atomic mass is 16.7. The van der Waals surface area contributed by atoms with Gasteiger partial charge in [0, 0.05) is 23.7 Å². The topological polar surface area (TPSA) is 35.5 Å². The summed E-state index contributed by atoms with van der Waals surface area (Å²) in [7, 11) is 0. The van der Waals surface area contributed by atoms with E-state index in [-0.39, 0.29) is 22.0 Å². The van der Waals surface area contributed by atoms with Gasteiger partial charge in [-0.2, -0.15) is 0 Å². The van der Waals surface area contributed by atoms with Crippen LogP contribution in [0.4, 0.5) is 0 Å². The molecule has 0 amide bonds. The number of Topliss-reactive ketones (excluding diaryl/α,β-unsaturated/α-hetero) is 1. The maximum atomic E-state index is 12.6. The van der Waals surface area contributed by atoms with E-state index in [0.29, 0.717) is 17.6 Å². The van der Waals surface area contributed by atoms with Gasteiger partial charge in [-0.25, -0.2) is 0 Å². The Bertz CT molecular complexity index is 671. The minimum Gasteiger partial charge on any atom is -0.347 e. The maximum absolute atomic E-state index is 12.6. The molecule has 5 rings (SSSR count). The summed E-state index contributed by atoms with van der Waals surface area (Å²) in [6, 6.07) is 0. The number of hydrogen-bond acceptors (Lipinski definition) is 3. The van der Waals surface area contributed by atoms with Crippen molar-refractivity contribution in [1.82, 2.24) is 0 Å². The Morgan fingerprint density at radius 1 is 0.962 bits per heavy atom. The van der Waals surface area contributed by atoms with Crippen molar-refractivity contribution >= 4 is 5.78 Å². The Labute approximate surface area is 157 Å². The number of fused-ring (bicyclic) bond motifs is 6. The Hall–Kier alpha value is -0.670. The van der Waals surface area contributed by atoms with Crippen LogP contribution in [0.25, 0.3) is 0 Å². The van der Waals surface area contributed by atoms with E-state index in [2.05, 4.69) is 33.8 Å². The first-order valence-corrected chi connectivity index (χ1v) is 10.8. The van der Waals surface area contributed by atoms with Crippen molar-refractivity contribution in [2.24, 2.45) is 34.0 Å². The lowest BCUT2D eigenvalue weighted by Crippen LogP contribution is -2.56. The summed E-state index contributed by atoms with van der Waals surface area (Å²) < 4.78 is 12.5. The highest BCUT2D eigenvalue weighted by Crippen LogP contribution is 2.69. The highest BCUT2D eigenvalue weighted by molar-refractivity contribution is 5.89. The minimum atomic E-state index is -0.310. The van der Waals surface area contributed by atoms with E-state index in [9.17, 15) is 4.79 Å². The molecule has 3 nitrogen and oxygen atoms in total. The molecule has 0 bridgehead atoms. The number of ether oxygens (including phenoxy) is 2. The number of carbonyl (C=O) groups is 1. The van der Waals surface area contributed by atoms with Crippen LogP contribution in [0.1, 0.15) is 72.6 Å². The van der Waals surface area contributed by atoms with Crippen LogP contribution in [0.15, 0.2) is 11.6 Å². The zero-order chi connectivity index (χ0) is 18.4. The standard InChI is InChI=1S/C23H34O3/c1-20(2)18-6-5-15-16(21(18,3)10-9-19(20)24)7-11-22(4)17(15)8-12-23(22)25-13-14-26-23/h6,15-17H,5,7-14H2,1-4H3/t15-,16+,17+,21-,22-/m0/s1. The van der Waals surface area contributed by atoms with Crippen LogP contribution < -0.4 is 0 Å². The predicted octanol–water partition coefficient (Wildman–Crippen LogP) is 4.90. The van der Waals surface area contributed by atoms with Crippen molar-refractivity contribution in [1.29, 1.82) is 0 Å². The fourth-order valence-corrected chi connectivity index (χ4v) is 8.10. The molecule has 3 saturated carbocycles. The first kappa shape index (κ1) is 17.4.